The number of benzene rings is 1. The molecule has 0 aliphatic heterocycles. The molecular formula is C12H10F2N2O. The second-order valence-corrected chi connectivity index (χ2v) is 3.75. The standard InChI is InChI=1S/C12H10F2N2O/c1-7-5-9(12(17)16-15-7)6-8-3-2-4-10(13)11(8)14/h2-5H,6H2,1H3,(H,16,17). The van der Waals surface area contributed by atoms with E-state index in [1.165, 1.54) is 12.1 Å². The Labute approximate surface area is 96.1 Å². The van der Waals surface area contributed by atoms with Crippen LogP contribution in [0.4, 0.5) is 8.78 Å². The topological polar surface area (TPSA) is 45.8 Å². The molecule has 0 amide bonds. The van der Waals surface area contributed by atoms with Crippen molar-refractivity contribution in [3.05, 3.63) is 63.1 Å². The molecular weight excluding hydrogens is 226 g/mol. The van der Waals surface area contributed by atoms with E-state index in [1.54, 1.807) is 13.0 Å². The third-order valence-corrected chi connectivity index (χ3v) is 2.42. The van der Waals surface area contributed by atoms with Crippen molar-refractivity contribution in [2.24, 2.45) is 0 Å². The molecule has 0 atom stereocenters. The van der Waals surface area contributed by atoms with E-state index in [9.17, 15) is 13.6 Å². The summed E-state index contributed by atoms with van der Waals surface area (Å²) in [6, 6.07) is 5.47. The molecule has 0 aliphatic carbocycles. The maximum Gasteiger partial charge on any atom is 0.267 e. The SMILES string of the molecule is Cc1cc(Cc2cccc(F)c2F)c(=O)[nH]n1. The lowest BCUT2D eigenvalue weighted by Gasteiger charge is -2.03. The minimum Gasteiger partial charge on any atom is -0.268 e. The molecule has 0 spiro atoms. The van der Waals surface area contributed by atoms with Crippen LogP contribution in [0.15, 0.2) is 29.1 Å². The zero-order valence-corrected chi connectivity index (χ0v) is 9.13. The van der Waals surface area contributed by atoms with Gasteiger partial charge in [0.25, 0.3) is 5.56 Å². The lowest BCUT2D eigenvalue weighted by atomic mass is 10.1. The predicted molar refractivity (Wildman–Crippen MR) is 58.8 cm³/mol. The van der Waals surface area contributed by atoms with Gasteiger partial charge in [-0.2, -0.15) is 5.10 Å². The molecule has 1 heterocycles. The Morgan fingerprint density at radius 3 is 2.82 bits per heavy atom. The van der Waals surface area contributed by atoms with Crippen molar-refractivity contribution in [3.63, 3.8) is 0 Å². The Kier molecular flexibility index (Phi) is 2.99. The molecule has 0 fully saturated rings. The molecule has 0 unspecified atom stereocenters. The molecule has 3 nitrogen and oxygen atoms in total. The van der Waals surface area contributed by atoms with E-state index in [-0.39, 0.29) is 17.5 Å². The number of nitrogens with one attached hydrogen (secondary N) is 1. The second-order valence-electron chi connectivity index (χ2n) is 3.75. The van der Waals surface area contributed by atoms with Crippen LogP contribution in [0.2, 0.25) is 0 Å². The number of aromatic nitrogens is 2. The molecule has 1 aromatic heterocycles. The van der Waals surface area contributed by atoms with E-state index in [4.69, 9.17) is 0 Å². The van der Waals surface area contributed by atoms with E-state index in [0.717, 1.165) is 6.07 Å². The predicted octanol–water partition coefficient (Wildman–Crippen LogP) is 1.95. The Bertz CT molecular complexity index is 608. The summed E-state index contributed by atoms with van der Waals surface area (Å²) in [6.45, 7) is 1.71. The van der Waals surface area contributed by atoms with Gasteiger partial charge in [0.15, 0.2) is 11.6 Å². The summed E-state index contributed by atoms with van der Waals surface area (Å²) in [6.07, 6.45) is 0.0439. The van der Waals surface area contributed by atoms with E-state index in [2.05, 4.69) is 10.2 Å². The second kappa shape index (κ2) is 4.45. The van der Waals surface area contributed by atoms with Crippen molar-refractivity contribution in [1.82, 2.24) is 10.2 Å². The van der Waals surface area contributed by atoms with Crippen LogP contribution in [-0.4, -0.2) is 10.2 Å². The number of nitrogens with zero attached hydrogens (tertiary/aromatic N) is 1. The number of aromatic amines is 1. The highest BCUT2D eigenvalue weighted by molar-refractivity contribution is 5.26. The van der Waals surface area contributed by atoms with Crippen LogP contribution >= 0.6 is 0 Å². The molecule has 0 aliphatic rings. The highest BCUT2D eigenvalue weighted by Gasteiger charge is 2.10. The monoisotopic (exact) mass is 236 g/mol. The normalized spacial score (nSPS) is 10.5. The van der Waals surface area contributed by atoms with Gasteiger partial charge in [-0.15, -0.1) is 0 Å². The smallest absolute Gasteiger partial charge is 0.267 e. The van der Waals surface area contributed by atoms with E-state index < -0.39 is 11.6 Å². The first-order valence-electron chi connectivity index (χ1n) is 5.06. The molecule has 1 N–H and O–H groups in total. The average Bonchev–Trinajstić information content (AvgIpc) is 2.30. The van der Waals surface area contributed by atoms with Crippen molar-refractivity contribution in [1.29, 1.82) is 0 Å². The summed E-state index contributed by atoms with van der Waals surface area (Å²) in [5.41, 5.74) is 0.749. The highest BCUT2D eigenvalue weighted by Crippen LogP contribution is 2.14. The minimum atomic E-state index is -0.915. The molecule has 2 aromatic rings. The number of halogens is 2. The Balaban J connectivity index is 2.41. The van der Waals surface area contributed by atoms with Crippen molar-refractivity contribution in [2.75, 3.05) is 0 Å². The lowest BCUT2D eigenvalue weighted by molar-refractivity contribution is 0.500. The van der Waals surface area contributed by atoms with Gasteiger partial charge in [-0.3, -0.25) is 4.79 Å². The molecule has 2 rings (SSSR count). The lowest BCUT2D eigenvalue weighted by Crippen LogP contribution is -2.15. The van der Waals surface area contributed by atoms with Gasteiger partial charge in [-0.1, -0.05) is 12.1 Å². The zero-order valence-electron chi connectivity index (χ0n) is 9.13. The van der Waals surface area contributed by atoms with Crippen molar-refractivity contribution >= 4 is 0 Å². The van der Waals surface area contributed by atoms with Crippen molar-refractivity contribution < 1.29 is 8.78 Å². The van der Waals surface area contributed by atoms with Crippen LogP contribution in [0, 0.1) is 18.6 Å². The van der Waals surface area contributed by atoms with E-state index >= 15 is 0 Å². The number of hydrogen-bond donors (Lipinski definition) is 1. The van der Waals surface area contributed by atoms with Crippen molar-refractivity contribution in [2.45, 2.75) is 13.3 Å². The fourth-order valence-electron chi connectivity index (χ4n) is 1.58. The molecule has 0 saturated heterocycles. The largest absolute Gasteiger partial charge is 0.268 e. The summed E-state index contributed by atoms with van der Waals surface area (Å²) in [5.74, 6) is -1.83. The number of hydrogen-bond acceptors (Lipinski definition) is 2. The average molecular weight is 236 g/mol. The molecule has 88 valence electrons. The van der Waals surface area contributed by atoms with Crippen LogP contribution in [0.3, 0.4) is 0 Å². The van der Waals surface area contributed by atoms with Crippen LogP contribution < -0.4 is 5.56 Å². The van der Waals surface area contributed by atoms with Crippen LogP contribution in [-0.2, 0) is 6.42 Å². The third kappa shape index (κ3) is 2.38. The maximum atomic E-state index is 13.4. The first kappa shape index (κ1) is 11.4. The van der Waals surface area contributed by atoms with E-state index in [1.807, 2.05) is 0 Å². The van der Waals surface area contributed by atoms with Gasteiger partial charge in [0, 0.05) is 12.0 Å². The van der Waals surface area contributed by atoms with Crippen LogP contribution in [0.1, 0.15) is 16.8 Å². The maximum absolute atomic E-state index is 13.4. The summed E-state index contributed by atoms with van der Waals surface area (Å²) in [7, 11) is 0. The van der Waals surface area contributed by atoms with Crippen LogP contribution in [0.25, 0.3) is 0 Å². The zero-order chi connectivity index (χ0) is 12.4. The van der Waals surface area contributed by atoms with Gasteiger partial charge in [-0.25, -0.2) is 13.9 Å². The Morgan fingerprint density at radius 1 is 1.29 bits per heavy atom. The van der Waals surface area contributed by atoms with Gasteiger partial charge in [-0.05, 0) is 24.6 Å². The van der Waals surface area contributed by atoms with Gasteiger partial charge >= 0.3 is 0 Å². The third-order valence-electron chi connectivity index (χ3n) is 2.42. The van der Waals surface area contributed by atoms with Gasteiger partial charge in [0.2, 0.25) is 0 Å². The van der Waals surface area contributed by atoms with Gasteiger partial charge < -0.3 is 0 Å². The van der Waals surface area contributed by atoms with Gasteiger partial charge in [0.05, 0.1) is 5.69 Å². The summed E-state index contributed by atoms with van der Waals surface area (Å²) < 4.78 is 26.4. The molecule has 17 heavy (non-hydrogen) atoms. The quantitative estimate of drug-likeness (QED) is 0.866. The molecule has 1 aromatic carbocycles. The Hall–Kier alpha value is -2.04. The molecule has 0 bridgehead atoms. The summed E-state index contributed by atoms with van der Waals surface area (Å²) in [4.78, 5) is 11.4. The van der Waals surface area contributed by atoms with Crippen molar-refractivity contribution in [3.8, 4) is 0 Å². The number of rotatable bonds is 2. The molecule has 0 saturated carbocycles. The molecule has 5 heteroatoms. The summed E-state index contributed by atoms with van der Waals surface area (Å²) >= 11 is 0. The fourth-order valence-corrected chi connectivity index (χ4v) is 1.58. The highest BCUT2D eigenvalue weighted by atomic mass is 19.2. The first-order chi connectivity index (χ1) is 8.08. The number of aryl methyl sites for hydroxylation is 1. The van der Waals surface area contributed by atoms with Crippen LogP contribution in [0.5, 0.6) is 0 Å². The first-order valence-corrected chi connectivity index (χ1v) is 5.06. The van der Waals surface area contributed by atoms with E-state index in [0.29, 0.717) is 11.3 Å². The minimum absolute atomic E-state index is 0.0439. The number of H-pyrrole nitrogens is 1. The Morgan fingerprint density at radius 2 is 2.06 bits per heavy atom. The fraction of sp³-hybridized carbons (Fsp3) is 0.167. The van der Waals surface area contributed by atoms with Gasteiger partial charge in [0.1, 0.15) is 0 Å². The molecule has 0 radical (unpaired) electrons. The summed E-state index contributed by atoms with van der Waals surface area (Å²) in [5, 5.41) is 6.02.